The van der Waals surface area contributed by atoms with Crippen LogP contribution in [-0.4, -0.2) is 35.5 Å². The van der Waals surface area contributed by atoms with Gasteiger partial charge in [0.15, 0.2) is 0 Å². The predicted molar refractivity (Wildman–Crippen MR) is 56.3 cm³/mol. The number of carbonyl (C=O) groups excluding carboxylic acids is 2. The van der Waals surface area contributed by atoms with Crippen LogP contribution >= 0.6 is 0 Å². The molecule has 0 fully saturated rings. The molecule has 7 heteroatoms. The van der Waals surface area contributed by atoms with Crippen molar-refractivity contribution in [1.82, 2.24) is 16.2 Å². The molecular weight excluding hydrogens is 214 g/mol. The largest absolute Gasteiger partial charge is 0.480 e. The normalized spacial score (nSPS) is 11.6. The van der Waals surface area contributed by atoms with E-state index >= 15 is 0 Å². The molecule has 0 aromatic heterocycles. The molecule has 2 amide bonds. The zero-order valence-corrected chi connectivity index (χ0v) is 9.37. The molecule has 0 radical (unpaired) electrons. The third-order valence-electron chi connectivity index (χ3n) is 1.76. The van der Waals surface area contributed by atoms with Gasteiger partial charge in [-0.1, -0.05) is 13.3 Å². The van der Waals surface area contributed by atoms with Gasteiger partial charge in [0.2, 0.25) is 5.91 Å². The Morgan fingerprint density at radius 3 is 2.31 bits per heavy atom. The Morgan fingerprint density at radius 2 is 1.88 bits per heavy atom. The van der Waals surface area contributed by atoms with Crippen LogP contribution in [0.2, 0.25) is 0 Å². The van der Waals surface area contributed by atoms with Crippen LogP contribution in [0.5, 0.6) is 0 Å². The monoisotopic (exact) mass is 231 g/mol. The number of hydrazine groups is 1. The van der Waals surface area contributed by atoms with Crippen LogP contribution in [0.4, 0.5) is 0 Å². The van der Waals surface area contributed by atoms with Gasteiger partial charge in [0.1, 0.15) is 6.04 Å². The molecule has 7 nitrogen and oxygen atoms in total. The Balaban J connectivity index is 3.87. The van der Waals surface area contributed by atoms with Gasteiger partial charge in [-0.3, -0.25) is 30.6 Å². The molecule has 0 aromatic carbocycles. The average Bonchev–Trinajstić information content (AvgIpc) is 2.20. The summed E-state index contributed by atoms with van der Waals surface area (Å²) in [4.78, 5) is 32.3. The van der Waals surface area contributed by atoms with Crippen LogP contribution in [0.3, 0.4) is 0 Å². The lowest BCUT2D eigenvalue weighted by atomic mass is 10.2. The SMILES string of the molecule is CCCC(NCC(=O)NNC(C)=O)C(=O)O. The van der Waals surface area contributed by atoms with Crippen molar-refractivity contribution in [2.75, 3.05) is 6.54 Å². The van der Waals surface area contributed by atoms with Crippen molar-refractivity contribution in [1.29, 1.82) is 0 Å². The van der Waals surface area contributed by atoms with Crippen LogP contribution in [0.15, 0.2) is 0 Å². The van der Waals surface area contributed by atoms with Crippen molar-refractivity contribution in [2.45, 2.75) is 32.7 Å². The van der Waals surface area contributed by atoms with Crippen LogP contribution in [-0.2, 0) is 14.4 Å². The van der Waals surface area contributed by atoms with Gasteiger partial charge in [0.05, 0.1) is 6.54 Å². The predicted octanol–water partition coefficient (Wildman–Crippen LogP) is -1.00. The van der Waals surface area contributed by atoms with Crippen molar-refractivity contribution in [3.8, 4) is 0 Å². The minimum atomic E-state index is -0.992. The summed E-state index contributed by atoms with van der Waals surface area (Å²) >= 11 is 0. The first-order valence-corrected chi connectivity index (χ1v) is 4.99. The second kappa shape index (κ2) is 7.63. The van der Waals surface area contributed by atoms with Gasteiger partial charge in [-0.15, -0.1) is 0 Å². The maximum absolute atomic E-state index is 11.1. The third-order valence-corrected chi connectivity index (χ3v) is 1.76. The van der Waals surface area contributed by atoms with E-state index in [1.165, 1.54) is 6.92 Å². The van der Waals surface area contributed by atoms with Gasteiger partial charge in [-0.25, -0.2) is 0 Å². The van der Waals surface area contributed by atoms with E-state index in [1.54, 1.807) is 0 Å². The van der Waals surface area contributed by atoms with E-state index in [1.807, 2.05) is 6.92 Å². The topological polar surface area (TPSA) is 108 Å². The zero-order valence-electron chi connectivity index (χ0n) is 9.37. The summed E-state index contributed by atoms with van der Waals surface area (Å²) in [6.07, 6.45) is 1.15. The number of rotatable bonds is 6. The molecule has 0 spiro atoms. The molecule has 4 N–H and O–H groups in total. The molecule has 16 heavy (non-hydrogen) atoms. The molecule has 0 aliphatic rings. The number of hydrogen-bond acceptors (Lipinski definition) is 4. The lowest BCUT2D eigenvalue weighted by molar-refractivity contribution is -0.139. The standard InChI is InChI=1S/C9H17N3O4/c1-3-4-7(9(15)16)10-5-8(14)12-11-6(2)13/h7,10H,3-5H2,1-2H3,(H,11,13)(H,12,14)(H,15,16). The highest BCUT2D eigenvalue weighted by molar-refractivity contribution is 5.82. The Bertz CT molecular complexity index is 267. The molecule has 92 valence electrons. The van der Waals surface area contributed by atoms with E-state index < -0.39 is 23.8 Å². The molecule has 0 aliphatic heterocycles. The molecule has 0 aliphatic carbocycles. The fourth-order valence-electron chi connectivity index (χ4n) is 1.02. The number of nitrogens with one attached hydrogen (secondary N) is 3. The number of aliphatic carboxylic acids is 1. The molecule has 0 aromatic rings. The van der Waals surface area contributed by atoms with Gasteiger partial charge in [0.25, 0.3) is 5.91 Å². The summed E-state index contributed by atoms with van der Waals surface area (Å²) < 4.78 is 0. The van der Waals surface area contributed by atoms with Gasteiger partial charge < -0.3 is 5.11 Å². The van der Waals surface area contributed by atoms with Gasteiger partial charge in [0, 0.05) is 6.92 Å². The summed E-state index contributed by atoms with van der Waals surface area (Å²) in [5.74, 6) is -1.87. The molecule has 1 unspecified atom stereocenters. The fraction of sp³-hybridized carbons (Fsp3) is 0.667. The molecular formula is C9H17N3O4. The van der Waals surface area contributed by atoms with Crippen molar-refractivity contribution < 1.29 is 19.5 Å². The Hall–Kier alpha value is -1.63. The van der Waals surface area contributed by atoms with E-state index in [0.29, 0.717) is 12.8 Å². The van der Waals surface area contributed by atoms with Gasteiger partial charge in [-0.05, 0) is 6.42 Å². The van der Waals surface area contributed by atoms with E-state index in [9.17, 15) is 14.4 Å². The second-order valence-electron chi connectivity index (χ2n) is 3.29. The molecule has 0 heterocycles. The molecule has 0 bridgehead atoms. The number of hydrogen-bond donors (Lipinski definition) is 4. The highest BCUT2D eigenvalue weighted by Crippen LogP contribution is 1.95. The van der Waals surface area contributed by atoms with Crippen molar-refractivity contribution in [3.63, 3.8) is 0 Å². The van der Waals surface area contributed by atoms with E-state index in [-0.39, 0.29) is 6.54 Å². The van der Waals surface area contributed by atoms with Gasteiger partial charge in [-0.2, -0.15) is 0 Å². The van der Waals surface area contributed by atoms with Crippen LogP contribution in [0, 0.1) is 0 Å². The van der Waals surface area contributed by atoms with Gasteiger partial charge >= 0.3 is 5.97 Å². The molecule has 1 atom stereocenters. The summed E-state index contributed by atoms with van der Waals surface area (Å²) in [6, 6.07) is -0.743. The minimum absolute atomic E-state index is 0.156. The minimum Gasteiger partial charge on any atom is -0.480 e. The van der Waals surface area contributed by atoms with Crippen LogP contribution in [0.1, 0.15) is 26.7 Å². The number of carboxylic acid groups (broad SMARTS) is 1. The van der Waals surface area contributed by atoms with E-state index in [0.717, 1.165) is 0 Å². The fourth-order valence-corrected chi connectivity index (χ4v) is 1.02. The first kappa shape index (κ1) is 14.4. The highest BCUT2D eigenvalue weighted by atomic mass is 16.4. The van der Waals surface area contributed by atoms with Crippen LogP contribution in [0.25, 0.3) is 0 Å². The Morgan fingerprint density at radius 1 is 1.25 bits per heavy atom. The molecule has 0 saturated carbocycles. The lowest BCUT2D eigenvalue weighted by Gasteiger charge is -2.13. The summed E-state index contributed by atoms with van der Waals surface area (Å²) in [5.41, 5.74) is 4.23. The number of amides is 2. The second-order valence-corrected chi connectivity index (χ2v) is 3.29. The molecule has 0 saturated heterocycles. The Kier molecular flexibility index (Phi) is 6.86. The molecule has 0 rings (SSSR count). The summed E-state index contributed by atoms with van der Waals surface area (Å²) in [5, 5.41) is 11.4. The van der Waals surface area contributed by atoms with Crippen molar-refractivity contribution in [3.05, 3.63) is 0 Å². The van der Waals surface area contributed by atoms with Crippen LogP contribution < -0.4 is 16.2 Å². The lowest BCUT2D eigenvalue weighted by Crippen LogP contribution is -2.48. The van der Waals surface area contributed by atoms with Crippen molar-refractivity contribution in [2.24, 2.45) is 0 Å². The first-order chi connectivity index (χ1) is 7.47. The zero-order chi connectivity index (χ0) is 12.6. The summed E-state index contributed by atoms with van der Waals surface area (Å²) in [7, 11) is 0. The average molecular weight is 231 g/mol. The first-order valence-electron chi connectivity index (χ1n) is 4.99. The Labute approximate surface area is 93.6 Å². The smallest absolute Gasteiger partial charge is 0.320 e. The number of carbonyl (C=O) groups is 3. The maximum Gasteiger partial charge on any atom is 0.320 e. The number of carboxylic acids is 1. The summed E-state index contributed by atoms with van der Waals surface area (Å²) in [6.45, 7) is 2.96. The van der Waals surface area contributed by atoms with E-state index in [2.05, 4.69) is 16.2 Å². The van der Waals surface area contributed by atoms with E-state index in [4.69, 9.17) is 5.11 Å². The maximum atomic E-state index is 11.1. The highest BCUT2D eigenvalue weighted by Gasteiger charge is 2.16. The third kappa shape index (κ3) is 6.77. The van der Waals surface area contributed by atoms with Crippen molar-refractivity contribution >= 4 is 17.8 Å². The quantitative estimate of drug-likeness (QED) is 0.438.